The van der Waals surface area contributed by atoms with Crippen molar-refractivity contribution in [2.24, 2.45) is 10.9 Å². The minimum Gasteiger partial charge on any atom is -0.378 e. The number of hydrogen-bond acceptors (Lipinski definition) is 7. The Hall–Kier alpha value is -3.25. The molecule has 3 aromatic rings. The number of nitrogens with zero attached hydrogens (tertiary/aromatic N) is 5. The largest absolute Gasteiger partial charge is 0.378 e. The van der Waals surface area contributed by atoms with Crippen LogP contribution in [0.15, 0.2) is 75.6 Å². The molecule has 208 valence electrons. The summed E-state index contributed by atoms with van der Waals surface area (Å²) in [5.74, 6) is 0.0398. The summed E-state index contributed by atoms with van der Waals surface area (Å²) in [5, 5.41) is 5.53. The van der Waals surface area contributed by atoms with E-state index in [0.717, 1.165) is 18.5 Å². The second-order valence-corrected chi connectivity index (χ2v) is 13.2. The summed E-state index contributed by atoms with van der Waals surface area (Å²) in [6, 6.07) is 16.6. The van der Waals surface area contributed by atoms with Crippen LogP contribution in [0.25, 0.3) is 23.0 Å². The van der Waals surface area contributed by atoms with E-state index in [1.165, 1.54) is 11.8 Å². The van der Waals surface area contributed by atoms with Crippen LogP contribution in [0, 0.1) is 5.92 Å². The van der Waals surface area contributed by atoms with Crippen molar-refractivity contribution in [3.63, 3.8) is 0 Å². The van der Waals surface area contributed by atoms with Gasteiger partial charge in [0.25, 0.3) is 5.91 Å². The van der Waals surface area contributed by atoms with Gasteiger partial charge in [-0.2, -0.15) is 14.4 Å². The molecule has 6 rings (SSSR count). The number of sulfonamides is 1. The Kier molecular flexibility index (Phi) is 7.63. The Balaban J connectivity index is 1.37. The summed E-state index contributed by atoms with van der Waals surface area (Å²) < 4.78 is 35.9. The molecule has 9 nitrogen and oxygen atoms in total. The number of ether oxygens (including phenoxy) is 1. The maximum absolute atomic E-state index is 13.5. The minimum absolute atomic E-state index is 0.246. The predicted molar refractivity (Wildman–Crippen MR) is 157 cm³/mol. The number of rotatable bonds is 5. The highest BCUT2D eigenvalue weighted by Crippen LogP contribution is 2.34. The monoisotopic (exact) mass is 577 g/mol. The summed E-state index contributed by atoms with van der Waals surface area (Å²) >= 11 is 1.35. The lowest BCUT2D eigenvalue weighted by Crippen LogP contribution is -2.39. The van der Waals surface area contributed by atoms with Gasteiger partial charge < -0.3 is 9.64 Å². The van der Waals surface area contributed by atoms with Crippen molar-refractivity contribution in [1.29, 1.82) is 0 Å². The average molecular weight is 578 g/mol. The number of morpholine rings is 1. The van der Waals surface area contributed by atoms with Crippen LogP contribution in [0.1, 0.15) is 25.3 Å². The molecule has 0 radical (unpaired) electrons. The first-order chi connectivity index (χ1) is 19.4. The van der Waals surface area contributed by atoms with Crippen LogP contribution in [0.3, 0.4) is 0 Å². The Morgan fingerprint density at radius 2 is 1.85 bits per heavy atom. The first-order valence-corrected chi connectivity index (χ1v) is 15.7. The molecule has 1 atom stereocenters. The fourth-order valence-electron chi connectivity index (χ4n) is 5.18. The standard InChI is InChI=1S/C29H31N5O4S2/c1-21-7-6-12-33(19-21)40(36,37)25-11-5-8-22(17-25)27-23(20-34(31-27)24-9-3-2-4-10-24)18-26-28(35)30-29(39-26)32-13-15-38-16-14-32/h2-5,8-11,17-18,20-21H,6-7,12-16,19H2,1H3. The number of para-hydroxylation sites is 1. The SMILES string of the molecule is CC1CCCN(S(=O)(=O)c2cccc(-c3nn(-c4ccccc4)cc3C=C3SC(N4CCOCC4)=NC3=O)c2)C1. The third-order valence-corrected chi connectivity index (χ3v) is 10.2. The van der Waals surface area contributed by atoms with Gasteiger partial charge in [-0.3, -0.25) is 4.79 Å². The molecule has 1 amide bonds. The quantitative estimate of drug-likeness (QED) is 0.418. The summed E-state index contributed by atoms with van der Waals surface area (Å²) in [4.78, 5) is 20.0. The van der Waals surface area contributed by atoms with E-state index in [0.29, 0.717) is 72.2 Å². The van der Waals surface area contributed by atoms with Crippen LogP contribution in [0.5, 0.6) is 0 Å². The van der Waals surface area contributed by atoms with Crippen molar-refractivity contribution in [2.75, 3.05) is 39.4 Å². The van der Waals surface area contributed by atoms with Crippen molar-refractivity contribution in [1.82, 2.24) is 19.0 Å². The molecule has 2 saturated heterocycles. The molecule has 3 aliphatic heterocycles. The summed E-state index contributed by atoms with van der Waals surface area (Å²) in [6.45, 7) is 5.75. The van der Waals surface area contributed by atoms with E-state index in [-0.39, 0.29) is 10.8 Å². The Labute approximate surface area is 238 Å². The molecule has 0 saturated carbocycles. The van der Waals surface area contributed by atoms with E-state index >= 15 is 0 Å². The molecule has 2 fully saturated rings. The second kappa shape index (κ2) is 11.3. The molecule has 2 aromatic carbocycles. The van der Waals surface area contributed by atoms with Gasteiger partial charge in [0.2, 0.25) is 10.0 Å². The predicted octanol–water partition coefficient (Wildman–Crippen LogP) is 4.26. The van der Waals surface area contributed by atoms with E-state index in [4.69, 9.17) is 9.84 Å². The first-order valence-electron chi connectivity index (χ1n) is 13.5. The number of carbonyl (C=O) groups is 1. The molecule has 1 unspecified atom stereocenters. The van der Waals surface area contributed by atoms with Crippen LogP contribution in [0.2, 0.25) is 0 Å². The van der Waals surface area contributed by atoms with Gasteiger partial charge in [0.1, 0.15) is 5.69 Å². The molecule has 3 aliphatic rings. The van der Waals surface area contributed by atoms with Gasteiger partial charge in [-0.05, 0) is 60.9 Å². The topological polar surface area (TPSA) is 97.1 Å². The molecular weight excluding hydrogens is 546 g/mol. The maximum Gasteiger partial charge on any atom is 0.286 e. The number of carbonyl (C=O) groups excluding carboxylic acids is 1. The fourth-order valence-corrected chi connectivity index (χ4v) is 7.78. The van der Waals surface area contributed by atoms with Crippen molar-refractivity contribution in [2.45, 2.75) is 24.7 Å². The number of benzene rings is 2. The van der Waals surface area contributed by atoms with Gasteiger partial charge in [0.05, 0.1) is 28.7 Å². The van der Waals surface area contributed by atoms with Crippen molar-refractivity contribution in [3.8, 4) is 16.9 Å². The van der Waals surface area contributed by atoms with Crippen molar-refractivity contribution < 1.29 is 17.9 Å². The maximum atomic E-state index is 13.5. The van der Waals surface area contributed by atoms with E-state index < -0.39 is 10.0 Å². The lowest BCUT2D eigenvalue weighted by atomic mass is 10.0. The number of amidine groups is 1. The zero-order valence-corrected chi connectivity index (χ0v) is 23.9. The molecule has 11 heteroatoms. The Bertz CT molecular complexity index is 1580. The Morgan fingerprint density at radius 1 is 1.05 bits per heavy atom. The Morgan fingerprint density at radius 3 is 2.62 bits per heavy atom. The number of thioether (sulfide) groups is 1. The molecule has 0 bridgehead atoms. The van der Waals surface area contributed by atoms with E-state index in [9.17, 15) is 13.2 Å². The van der Waals surface area contributed by atoms with Crippen LogP contribution >= 0.6 is 11.8 Å². The molecule has 0 spiro atoms. The van der Waals surface area contributed by atoms with Gasteiger partial charge in [0.15, 0.2) is 5.17 Å². The van der Waals surface area contributed by atoms with Crippen LogP contribution in [-0.4, -0.2) is 77.9 Å². The summed E-state index contributed by atoms with van der Waals surface area (Å²) in [5.41, 5.74) is 2.82. The average Bonchev–Trinajstić information content (AvgIpc) is 3.58. The van der Waals surface area contributed by atoms with E-state index in [2.05, 4.69) is 16.8 Å². The summed E-state index contributed by atoms with van der Waals surface area (Å²) in [7, 11) is -3.64. The third kappa shape index (κ3) is 5.51. The molecule has 40 heavy (non-hydrogen) atoms. The summed E-state index contributed by atoms with van der Waals surface area (Å²) in [6.07, 6.45) is 5.57. The normalized spacial score (nSPS) is 21.7. The van der Waals surface area contributed by atoms with E-state index in [1.807, 2.05) is 42.6 Å². The number of aliphatic imine (C=N–C) groups is 1. The van der Waals surface area contributed by atoms with Gasteiger partial charge >= 0.3 is 0 Å². The molecule has 0 N–H and O–H groups in total. The van der Waals surface area contributed by atoms with Crippen molar-refractivity contribution >= 4 is 38.9 Å². The fraction of sp³-hybridized carbons (Fsp3) is 0.345. The lowest BCUT2D eigenvalue weighted by molar-refractivity contribution is -0.113. The van der Waals surface area contributed by atoms with Gasteiger partial charge in [-0.1, -0.05) is 37.3 Å². The molecule has 0 aliphatic carbocycles. The number of piperidine rings is 1. The molecule has 1 aromatic heterocycles. The number of hydrogen-bond donors (Lipinski definition) is 0. The highest BCUT2D eigenvalue weighted by atomic mass is 32.2. The highest BCUT2D eigenvalue weighted by molar-refractivity contribution is 8.18. The van der Waals surface area contributed by atoms with Crippen LogP contribution in [0.4, 0.5) is 0 Å². The second-order valence-electron chi connectivity index (χ2n) is 10.3. The number of aromatic nitrogens is 2. The molecule has 4 heterocycles. The zero-order valence-electron chi connectivity index (χ0n) is 22.3. The van der Waals surface area contributed by atoms with Gasteiger partial charge in [0, 0.05) is 43.5 Å². The van der Waals surface area contributed by atoms with Gasteiger partial charge in [-0.25, -0.2) is 13.1 Å². The first kappa shape index (κ1) is 26.9. The van der Waals surface area contributed by atoms with Gasteiger partial charge in [-0.15, -0.1) is 0 Å². The minimum atomic E-state index is -3.64. The molecular formula is C29H31N5O4S2. The van der Waals surface area contributed by atoms with Crippen LogP contribution < -0.4 is 0 Å². The third-order valence-electron chi connectivity index (χ3n) is 7.31. The van der Waals surface area contributed by atoms with Crippen molar-refractivity contribution in [3.05, 3.63) is 71.3 Å². The van der Waals surface area contributed by atoms with Crippen LogP contribution in [-0.2, 0) is 19.6 Å². The smallest absolute Gasteiger partial charge is 0.286 e. The van der Waals surface area contributed by atoms with E-state index in [1.54, 1.807) is 33.3 Å². The lowest BCUT2D eigenvalue weighted by Gasteiger charge is -2.30. The zero-order chi connectivity index (χ0) is 27.7. The highest BCUT2D eigenvalue weighted by Gasteiger charge is 2.30. The number of amides is 1.